The van der Waals surface area contributed by atoms with E-state index in [0.717, 1.165) is 0 Å². The van der Waals surface area contributed by atoms with E-state index in [9.17, 15) is 19.8 Å². The van der Waals surface area contributed by atoms with E-state index in [4.69, 9.17) is 11.5 Å². The Labute approximate surface area is 119 Å². The summed E-state index contributed by atoms with van der Waals surface area (Å²) in [6.07, 6.45) is 0. The van der Waals surface area contributed by atoms with E-state index in [1.807, 2.05) is 0 Å². The van der Waals surface area contributed by atoms with Gasteiger partial charge < -0.3 is 21.7 Å². The molecule has 0 saturated heterocycles. The number of carbonyl (C=O) groups excluding carboxylic acids is 2. The zero-order chi connectivity index (χ0) is 15.5. The van der Waals surface area contributed by atoms with Crippen LogP contribution >= 0.6 is 0 Å². The molecule has 0 amide bonds. The Morgan fingerprint density at radius 3 is 2.14 bits per heavy atom. The van der Waals surface area contributed by atoms with Crippen LogP contribution in [0.25, 0.3) is 0 Å². The van der Waals surface area contributed by atoms with Crippen molar-refractivity contribution in [2.75, 3.05) is 11.5 Å². The summed E-state index contributed by atoms with van der Waals surface area (Å²) >= 11 is 0. The molecule has 0 spiro atoms. The third-order valence-electron chi connectivity index (χ3n) is 3.67. The summed E-state index contributed by atoms with van der Waals surface area (Å²) in [7, 11) is 0. The number of fused-ring (bicyclic) bond motifs is 2. The molecule has 2 aromatic carbocycles. The molecule has 6 heteroatoms. The van der Waals surface area contributed by atoms with Crippen LogP contribution in [0.1, 0.15) is 37.4 Å². The molecule has 21 heavy (non-hydrogen) atoms. The van der Waals surface area contributed by atoms with Crippen molar-refractivity contribution >= 4 is 22.9 Å². The molecule has 0 aromatic heterocycles. The summed E-state index contributed by atoms with van der Waals surface area (Å²) in [6, 6.07) is 3.92. The van der Waals surface area contributed by atoms with E-state index in [1.165, 1.54) is 18.2 Å². The van der Waals surface area contributed by atoms with Gasteiger partial charge >= 0.3 is 0 Å². The second-order valence-corrected chi connectivity index (χ2v) is 4.96. The molecule has 0 aliphatic heterocycles. The van der Waals surface area contributed by atoms with Gasteiger partial charge in [0, 0.05) is 11.3 Å². The average molecular weight is 284 g/mol. The molecular weight excluding hydrogens is 272 g/mol. The van der Waals surface area contributed by atoms with Crippen LogP contribution in [0.2, 0.25) is 0 Å². The van der Waals surface area contributed by atoms with Gasteiger partial charge in [-0.1, -0.05) is 0 Å². The van der Waals surface area contributed by atoms with Gasteiger partial charge in [-0.25, -0.2) is 0 Å². The van der Waals surface area contributed by atoms with Crippen LogP contribution in [-0.4, -0.2) is 21.8 Å². The summed E-state index contributed by atoms with van der Waals surface area (Å²) in [5.41, 5.74) is 11.6. The molecule has 3 rings (SSSR count). The smallest absolute Gasteiger partial charge is 0.198 e. The van der Waals surface area contributed by atoms with E-state index in [-0.39, 0.29) is 45.1 Å². The molecule has 6 nitrogen and oxygen atoms in total. The van der Waals surface area contributed by atoms with Crippen molar-refractivity contribution in [1.82, 2.24) is 0 Å². The van der Waals surface area contributed by atoms with Gasteiger partial charge in [-0.2, -0.15) is 0 Å². The molecular formula is C15H12N2O4. The van der Waals surface area contributed by atoms with Crippen LogP contribution in [0.15, 0.2) is 18.2 Å². The molecule has 2 aromatic rings. The highest BCUT2D eigenvalue weighted by atomic mass is 16.3. The summed E-state index contributed by atoms with van der Waals surface area (Å²) in [5.74, 6) is -1.69. The average Bonchev–Trinajstić information content (AvgIpc) is 2.42. The van der Waals surface area contributed by atoms with Gasteiger partial charge in [-0.3, -0.25) is 9.59 Å². The minimum absolute atomic E-state index is 0.0673. The summed E-state index contributed by atoms with van der Waals surface area (Å²) in [4.78, 5) is 25.2. The van der Waals surface area contributed by atoms with Gasteiger partial charge in [0.25, 0.3) is 0 Å². The van der Waals surface area contributed by atoms with Crippen molar-refractivity contribution in [2.45, 2.75) is 6.92 Å². The van der Waals surface area contributed by atoms with Crippen LogP contribution in [0, 0.1) is 6.92 Å². The van der Waals surface area contributed by atoms with Gasteiger partial charge in [0.15, 0.2) is 11.6 Å². The van der Waals surface area contributed by atoms with Crippen molar-refractivity contribution < 1.29 is 19.8 Å². The Morgan fingerprint density at radius 1 is 0.857 bits per heavy atom. The highest BCUT2D eigenvalue weighted by molar-refractivity contribution is 6.33. The number of carbonyl (C=O) groups is 2. The number of nitrogen functional groups attached to an aromatic ring is 2. The normalized spacial score (nSPS) is 13.0. The first-order valence-electron chi connectivity index (χ1n) is 6.17. The number of ketones is 2. The lowest BCUT2D eigenvalue weighted by atomic mass is 9.80. The van der Waals surface area contributed by atoms with Crippen LogP contribution in [0.3, 0.4) is 0 Å². The Kier molecular flexibility index (Phi) is 2.47. The Bertz CT molecular complexity index is 840. The second kappa shape index (κ2) is 3.99. The molecule has 6 N–H and O–H groups in total. The van der Waals surface area contributed by atoms with Crippen molar-refractivity contribution in [3.63, 3.8) is 0 Å². The first-order chi connectivity index (χ1) is 9.84. The van der Waals surface area contributed by atoms with Gasteiger partial charge in [-0.05, 0) is 30.7 Å². The number of hydrogen-bond acceptors (Lipinski definition) is 6. The lowest BCUT2D eigenvalue weighted by molar-refractivity contribution is 0.0977. The van der Waals surface area contributed by atoms with Crippen LogP contribution in [0.5, 0.6) is 11.5 Å². The minimum Gasteiger partial charge on any atom is -0.507 e. The topological polar surface area (TPSA) is 127 Å². The number of nitrogens with two attached hydrogens (primary N) is 2. The highest BCUT2D eigenvalue weighted by Gasteiger charge is 2.37. The number of hydrogen-bond donors (Lipinski definition) is 4. The highest BCUT2D eigenvalue weighted by Crippen LogP contribution is 2.41. The third-order valence-corrected chi connectivity index (χ3v) is 3.67. The maximum atomic E-state index is 12.6. The number of phenolic OH excluding ortho intramolecular Hbond substituents is 2. The fourth-order valence-corrected chi connectivity index (χ4v) is 2.68. The zero-order valence-corrected chi connectivity index (χ0v) is 11.1. The quantitative estimate of drug-likeness (QED) is 0.280. The van der Waals surface area contributed by atoms with Gasteiger partial charge in [-0.15, -0.1) is 0 Å². The largest absolute Gasteiger partial charge is 0.507 e. The van der Waals surface area contributed by atoms with E-state index >= 15 is 0 Å². The summed E-state index contributed by atoms with van der Waals surface area (Å²) in [6.45, 7) is 1.58. The van der Waals surface area contributed by atoms with Gasteiger partial charge in [0.05, 0.1) is 22.4 Å². The molecule has 0 radical (unpaired) electrons. The Morgan fingerprint density at radius 2 is 1.48 bits per heavy atom. The van der Waals surface area contributed by atoms with E-state index < -0.39 is 11.6 Å². The number of aryl methyl sites for hydroxylation is 1. The molecule has 0 unspecified atom stereocenters. The number of phenols is 2. The molecule has 0 fully saturated rings. The first kappa shape index (κ1) is 13.0. The number of anilines is 2. The van der Waals surface area contributed by atoms with Gasteiger partial charge in [0.1, 0.15) is 11.5 Å². The fourth-order valence-electron chi connectivity index (χ4n) is 2.68. The summed E-state index contributed by atoms with van der Waals surface area (Å²) < 4.78 is 0. The van der Waals surface area contributed by atoms with Gasteiger partial charge in [0.2, 0.25) is 0 Å². The van der Waals surface area contributed by atoms with Crippen molar-refractivity contribution in [1.29, 1.82) is 0 Å². The predicted molar refractivity (Wildman–Crippen MR) is 76.6 cm³/mol. The molecule has 1 aliphatic carbocycles. The Hall–Kier alpha value is -3.02. The van der Waals surface area contributed by atoms with E-state index in [0.29, 0.717) is 5.56 Å². The fraction of sp³-hybridized carbons (Fsp3) is 0.0667. The van der Waals surface area contributed by atoms with Crippen molar-refractivity contribution in [2.24, 2.45) is 0 Å². The van der Waals surface area contributed by atoms with Crippen LogP contribution in [-0.2, 0) is 0 Å². The maximum Gasteiger partial charge on any atom is 0.198 e. The minimum atomic E-state index is -0.579. The molecule has 0 heterocycles. The molecule has 0 saturated carbocycles. The molecule has 106 valence electrons. The third kappa shape index (κ3) is 1.53. The Balaban J connectivity index is 2.47. The zero-order valence-electron chi connectivity index (χ0n) is 11.1. The molecule has 0 atom stereocenters. The maximum absolute atomic E-state index is 12.6. The predicted octanol–water partition coefficient (Wildman–Crippen LogP) is 1.35. The van der Waals surface area contributed by atoms with E-state index in [2.05, 4.69) is 0 Å². The number of benzene rings is 2. The summed E-state index contributed by atoms with van der Waals surface area (Å²) in [5, 5.41) is 19.7. The standard InChI is InChI=1S/C15H12N2O4/c1-5-4-8(19)13(17)12-9(5)14(20)11-7(18)3-2-6(16)10(11)15(12)21/h2-4,18-19H,16-17H2,1H3. The number of rotatable bonds is 0. The van der Waals surface area contributed by atoms with Crippen LogP contribution in [0.4, 0.5) is 11.4 Å². The lowest BCUT2D eigenvalue weighted by Crippen LogP contribution is -2.25. The SMILES string of the molecule is Cc1cc(O)c(N)c2c1C(=O)c1c(O)ccc(N)c1C2=O. The lowest BCUT2D eigenvalue weighted by Gasteiger charge is -2.23. The number of aromatic hydroxyl groups is 2. The van der Waals surface area contributed by atoms with Crippen molar-refractivity contribution in [3.8, 4) is 11.5 Å². The molecule has 0 bridgehead atoms. The van der Waals surface area contributed by atoms with E-state index in [1.54, 1.807) is 6.92 Å². The second-order valence-electron chi connectivity index (χ2n) is 4.96. The van der Waals surface area contributed by atoms with Crippen molar-refractivity contribution in [3.05, 3.63) is 46.0 Å². The molecule has 1 aliphatic rings. The first-order valence-corrected chi connectivity index (χ1v) is 6.17. The monoisotopic (exact) mass is 284 g/mol. The van der Waals surface area contributed by atoms with Crippen LogP contribution < -0.4 is 11.5 Å².